The first-order valence-electron chi connectivity index (χ1n) is 8.97. The average molecular weight is 348 g/mol. The molecule has 3 N–H and O–H groups in total. The first-order valence-corrected chi connectivity index (χ1v) is 8.97. The van der Waals surface area contributed by atoms with Crippen LogP contribution in [0.25, 0.3) is 0 Å². The zero-order chi connectivity index (χ0) is 19.0. The molecule has 2 amide bonds. The summed E-state index contributed by atoms with van der Waals surface area (Å²) in [4.78, 5) is 23.4. The van der Waals surface area contributed by atoms with Crippen LogP contribution in [0.5, 0.6) is 5.75 Å². The Morgan fingerprint density at radius 1 is 1.20 bits per heavy atom. The number of nitrogens with two attached hydrogens (primary N) is 1. The molecule has 0 radical (unpaired) electrons. The van der Waals surface area contributed by atoms with Gasteiger partial charge < -0.3 is 15.8 Å². The fraction of sp³-hybridized carbons (Fsp3) is 0.600. The molecular formula is C20H32N2O3. The molecule has 0 aliphatic carbocycles. The number of amides is 2. The molecule has 25 heavy (non-hydrogen) atoms. The maximum absolute atomic E-state index is 12.0. The molecule has 2 atom stereocenters. The number of nitrogens with one attached hydrogen (secondary N) is 1. The molecule has 0 aromatic heterocycles. The summed E-state index contributed by atoms with van der Waals surface area (Å²) in [5.74, 6) is 0.163. The molecule has 0 heterocycles. The summed E-state index contributed by atoms with van der Waals surface area (Å²) in [6.45, 7) is 10.8. The van der Waals surface area contributed by atoms with Crippen LogP contribution in [-0.2, 0) is 15.0 Å². The summed E-state index contributed by atoms with van der Waals surface area (Å²) in [6, 6.07) is 7.42. The van der Waals surface area contributed by atoms with Gasteiger partial charge in [0.2, 0.25) is 11.8 Å². The van der Waals surface area contributed by atoms with E-state index in [1.807, 2.05) is 26.0 Å². The molecule has 1 rings (SSSR count). The Kier molecular flexibility index (Phi) is 7.94. The van der Waals surface area contributed by atoms with E-state index in [0.717, 1.165) is 12.2 Å². The van der Waals surface area contributed by atoms with E-state index in [4.69, 9.17) is 10.5 Å². The molecular weight excluding hydrogens is 316 g/mol. The van der Waals surface area contributed by atoms with Gasteiger partial charge >= 0.3 is 0 Å². The molecule has 0 aliphatic rings. The number of rotatable bonds is 9. The van der Waals surface area contributed by atoms with E-state index in [0.29, 0.717) is 19.4 Å². The van der Waals surface area contributed by atoms with Gasteiger partial charge in [-0.1, -0.05) is 53.2 Å². The van der Waals surface area contributed by atoms with Crippen molar-refractivity contribution in [3.8, 4) is 5.75 Å². The Labute approximate surface area is 151 Å². The molecule has 5 heteroatoms. The van der Waals surface area contributed by atoms with Crippen molar-refractivity contribution < 1.29 is 14.3 Å². The third-order valence-corrected chi connectivity index (χ3v) is 4.37. The third-order valence-electron chi connectivity index (χ3n) is 4.37. The second-order valence-electron chi connectivity index (χ2n) is 7.56. The van der Waals surface area contributed by atoms with Crippen LogP contribution in [0.1, 0.15) is 59.4 Å². The SMILES string of the molecule is CCC(C)C(NC(=O)CCCOc1ccc(C(C)(C)C)cc1)C(N)=O. The fourth-order valence-electron chi connectivity index (χ4n) is 2.45. The molecule has 0 saturated heterocycles. The summed E-state index contributed by atoms with van der Waals surface area (Å²) < 4.78 is 5.67. The van der Waals surface area contributed by atoms with Crippen LogP contribution in [0.4, 0.5) is 0 Å². The summed E-state index contributed by atoms with van der Waals surface area (Å²) in [5.41, 5.74) is 6.72. The quantitative estimate of drug-likeness (QED) is 0.673. The van der Waals surface area contributed by atoms with Crippen LogP contribution in [0, 0.1) is 5.92 Å². The molecule has 0 fully saturated rings. The lowest BCUT2D eigenvalue weighted by Crippen LogP contribution is -2.48. The molecule has 0 spiro atoms. The van der Waals surface area contributed by atoms with Crippen LogP contribution in [-0.4, -0.2) is 24.5 Å². The third kappa shape index (κ3) is 7.16. The van der Waals surface area contributed by atoms with Crippen LogP contribution in [0.2, 0.25) is 0 Å². The van der Waals surface area contributed by atoms with Crippen molar-refractivity contribution in [1.29, 1.82) is 0 Å². The maximum Gasteiger partial charge on any atom is 0.240 e. The van der Waals surface area contributed by atoms with E-state index in [-0.39, 0.29) is 17.2 Å². The van der Waals surface area contributed by atoms with Crippen LogP contribution in [0.15, 0.2) is 24.3 Å². The molecule has 0 bridgehead atoms. The molecule has 0 aliphatic heterocycles. The normalized spacial score (nSPS) is 13.8. The topological polar surface area (TPSA) is 81.4 Å². The van der Waals surface area contributed by atoms with Gasteiger partial charge in [-0.05, 0) is 35.4 Å². The van der Waals surface area contributed by atoms with Gasteiger partial charge in [-0.25, -0.2) is 0 Å². The molecule has 0 saturated carbocycles. The number of carbonyl (C=O) groups excluding carboxylic acids is 2. The van der Waals surface area contributed by atoms with Crippen molar-refractivity contribution in [1.82, 2.24) is 5.32 Å². The highest BCUT2D eigenvalue weighted by atomic mass is 16.5. The van der Waals surface area contributed by atoms with Gasteiger partial charge in [-0.2, -0.15) is 0 Å². The highest BCUT2D eigenvalue weighted by Gasteiger charge is 2.23. The largest absolute Gasteiger partial charge is 0.494 e. The van der Waals surface area contributed by atoms with E-state index in [1.165, 1.54) is 5.56 Å². The standard InChI is InChI=1S/C20H32N2O3/c1-6-14(2)18(19(21)24)22-17(23)8-7-13-25-16-11-9-15(10-12-16)20(3,4)5/h9-12,14,18H,6-8,13H2,1-5H3,(H2,21,24)(H,22,23). The lowest BCUT2D eigenvalue weighted by molar-refractivity contribution is -0.128. The average Bonchev–Trinajstić information content (AvgIpc) is 2.55. The van der Waals surface area contributed by atoms with Crippen molar-refractivity contribution in [3.05, 3.63) is 29.8 Å². The van der Waals surface area contributed by atoms with Crippen molar-refractivity contribution >= 4 is 11.8 Å². The van der Waals surface area contributed by atoms with Crippen LogP contribution in [0.3, 0.4) is 0 Å². The van der Waals surface area contributed by atoms with E-state index >= 15 is 0 Å². The molecule has 1 aromatic rings. The minimum atomic E-state index is -0.608. The summed E-state index contributed by atoms with van der Waals surface area (Å²) in [6.07, 6.45) is 1.67. The van der Waals surface area contributed by atoms with Gasteiger partial charge in [0.25, 0.3) is 0 Å². The van der Waals surface area contributed by atoms with Gasteiger partial charge in [-0.3, -0.25) is 9.59 Å². The van der Waals surface area contributed by atoms with Crippen molar-refractivity contribution in [3.63, 3.8) is 0 Å². The Morgan fingerprint density at radius 3 is 2.28 bits per heavy atom. The summed E-state index contributed by atoms with van der Waals surface area (Å²) >= 11 is 0. The zero-order valence-corrected chi connectivity index (χ0v) is 16.1. The van der Waals surface area contributed by atoms with Gasteiger partial charge in [0.05, 0.1) is 6.61 Å². The first kappa shape index (κ1) is 21.0. The molecule has 140 valence electrons. The van der Waals surface area contributed by atoms with E-state index in [1.54, 1.807) is 0 Å². The van der Waals surface area contributed by atoms with E-state index in [9.17, 15) is 9.59 Å². The summed E-state index contributed by atoms with van der Waals surface area (Å²) in [7, 11) is 0. The number of primary amides is 1. The van der Waals surface area contributed by atoms with Crippen molar-refractivity contribution in [2.45, 2.75) is 65.3 Å². The van der Waals surface area contributed by atoms with Crippen LogP contribution >= 0.6 is 0 Å². The minimum absolute atomic E-state index is 0.0269. The summed E-state index contributed by atoms with van der Waals surface area (Å²) in [5, 5.41) is 2.72. The lowest BCUT2D eigenvalue weighted by atomic mass is 9.87. The van der Waals surface area contributed by atoms with Crippen molar-refractivity contribution in [2.75, 3.05) is 6.61 Å². The Bertz CT molecular complexity index is 561. The lowest BCUT2D eigenvalue weighted by Gasteiger charge is -2.21. The Morgan fingerprint density at radius 2 is 1.80 bits per heavy atom. The molecule has 1 aromatic carbocycles. The number of hydrogen-bond acceptors (Lipinski definition) is 3. The zero-order valence-electron chi connectivity index (χ0n) is 16.1. The second kappa shape index (κ2) is 9.44. The van der Waals surface area contributed by atoms with Crippen molar-refractivity contribution in [2.24, 2.45) is 11.7 Å². The van der Waals surface area contributed by atoms with Gasteiger partial charge in [0, 0.05) is 6.42 Å². The monoisotopic (exact) mass is 348 g/mol. The number of benzene rings is 1. The number of hydrogen-bond donors (Lipinski definition) is 2. The number of ether oxygens (including phenoxy) is 1. The maximum atomic E-state index is 12.0. The number of carbonyl (C=O) groups is 2. The van der Waals surface area contributed by atoms with E-state index in [2.05, 4.69) is 38.2 Å². The highest BCUT2D eigenvalue weighted by molar-refractivity contribution is 5.86. The highest BCUT2D eigenvalue weighted by Crippen LogP contribution is 2.24. The van der Waals surface area contributed by atoms with Crippen LogP contribution < -0.4 is 15.8 Å². The molecule has 5 nitrogen and oxygen atoms in total. The van der Waals surface area contributed by atoms with E-state index < -0.39 is 11.9 Å². The Balaban J connectivity index is 2.37. The minimum Gasteiger partial charge on any atom is -0.494 e. The van der Waals surface area contributed by atoms with Gasteiger partial charge in [-0.15, -0.1) is 0 Å². The van der Waals surface area contributed by atoms with Gasteiger partial charge in [0.1, 0.15) is 11.8 Å². The fourth-order valence-corrected chi connectivity index (χ4v) is 2.45. The predicted octanol–water partition coefficient (Wildman–Crippen LogP) is 3.16. The van der Waals surface area contributed by atoms with Gasteiger partial charge in [0.15, 0.2) is 0 Å². The Hall–Kier alpha value is -2.04. The first-order chi connectivity index (χ1) is 11.6. The molecule has 2 unspecified atom stereocenters. The smallest absolute Gasteiger partial charge is 0.240 e. The predicted molar refractivity (Wildman–Crippen MR) is 100 cm³/mol. The second-order valence-corrected chi connectivity index (χ2v) is 7.56.